The van der Waals surface area contributed by atoms with Gasteiger partial charge in [-0.15, -0.1) is 0 Å². The van der Waals surface area contributed by atoms with Crippen LogP contribution in [0.4, 0.5) is 10.1 Å². The number of nitrogens with one attached hydrogen (secondary N) is 1. The molecule has 0 heterocycles. The number of rotatable bonds is 5. The molecule has 2 rings (SSSR count). The largest absolute Gasteiger partial charge is 0.478 e. The molecule has 1 aliphatic carbocycles. The summed E-state index contributed by atoms with van der Waals surface area (Å²) in [4.78, 5) is 10.9. The van der Waals surface area contributed by atoms with Gasteiger partial charge in [-0.25, -0.2) is 9.18 Å². The Balaban J connectivity index is 1.96. The van der Waals surface area contributed by atoms with Crippen molar-refractivity contribution in [2.24, 2.45) is 5.92 Å². The zero-order valence-corrected chi connectivity index (χ0v) is 9.58. The Morgan fingerprint density at radius 2 is 2.24 bits per heavy atom. The molecular formula is C13H16FNO2. The van der Waals surface area contributed by atoms with Gasteiger partial charge in [-0.05, 0) is 30.5 Å². The number of aromatic carboxylic acids is 1. The molecule has 4 heteroatoms. The molecule has 1 saturated carbocycles. The lowest BCUT2D eigenvalue weighted by Crippen LogP contribution is -2.16. The van der Waals surface area contributed by atoms with Gasteiger partial charge in [0.2, 0.25) is 0 Å². The zero-order valence-electron chi connectivity index (χ0n) is 9.58. The van der Waals surface area contributed by atoms with Crippen LogP contribution in [-0.4, -0.2) is 17.6 Å². The fraction of sp³-hybridized carbons (Fsp3) is 0.462. The van der Waals surface area contributed by atoms with E-state index < -0.39 is 11.8 Å². The monoisotopic (exact) mass is 237 g/mol. The molecule has 1 aliphatic rings. The Hall–Kier alpha value is -1.58. The van der Waals surface area contributed by atoms with Gasteiger partial charge in [0.25, 0.3) is 0 Å². The smallest absolute Gasteiger partial charge is 0.337 e. The molecule has 2 N–H and O–H groups in total. The van der Waals surface area contributed by atoms with Gasteiger partial charge in [-0.2, -0.15) is 0 Å². The van der Waals surface area contributed by atoms with Gasteiger partial charge in [-0.1, -0.05) is 19.3 Å². The molecule has 0 radical (unpaired) electrons. The maximum absolute atomic E-state index is 12.9. The van der Waals surface area contributed by atoms with Crippen molar-refractivity contribution in [1.29, 1.82) is 0 Å². The van der Waals surface area contributed by atoms with Crippen LogP contribution in [0.25, 0.3) is 0 Å². The van der Waals surface area contributed by atoms with Crippen molar-refractivity contribution >= 4 is 11.7 Å². The molecule has 3 nitrogen and oxygen atoms in total. The third kappa shape index (κ3) is 2.96. The summed E-state index contributed by atoms with van der Waals surface area (Å²) in [6, 6.07) is 3.81. The second kappa shape index (κ2) is 5.17. The van der Waals surface area contributed by atoms with Crippen LogP contribution in [0.1, 0.15) is 36.0 Å². The van der Waals surface area contributed by atoms with Crippen LogP contribution in [0.5, 0.6) is 0 Å². The Morgan fingerprint density at radius 3 is 2.82 bits per heavy atom. The normalized spacial score (nSPS) is 15.4. The maximum atomic E-state index is 12.9. The van der Waals surface area contributed by atoms with E-state index in [9.17, 15) is 9.18 Å². The highest BCUT2D eigenvalue weighted by molar-refractivity contribution is 5.94. The summed E-state index contributed by atoms with van der Waals surface area (Å²) in [5.41, 5.74) is 0.497. The third-order valence-corrected chi connectivity index (χ3v) is 3.30. The highest BCUT2D eigenvalue weighted by Crippen LogP contribution is 2.29. The lowest BCUT2D eigenvalue weighted by molar-refractivity contribution is 0.0697. The summed E-state index contributed by atoms with van der Waals surface area (Å²) >= 11 is 0. The first-order chi connectivity index (χ1) is 8.16. The minimum absolute atomic E-state index is 0.00129. The summed E-state index contributed by atoms with van der Waals surface area (Å²) in [5.74, 6) is -0.848. The average molecular weight is 237 g/mol. The first-order valence-electron chi connectivity index (χ1n) is 5.93. The van der Waals surface area contributed by atoms with E-state index in [4.69, 9.17) is 5.11 Å². The number of carboxylic acids is 1. The minimum atomic E-state index is -1.10. The molecule has 0 bridgehead atoms. The maximum Gasteiger partial charge on any atom is 0.337 e. The summed E-state index contributed by atoms with van der Waals surface area (Å²) in [6.07, 6.45) is 4.91. The second-order valence-corrected chi connectivity index (χ2v) is 4.51. The summed E-state index contributed by atoms with van der Waals surface area (Å²) in [6.45, 7) is 0.747. The van der Waals surface area contributed by atoms with Gasteiger partial charge in [-0.3, -0.25) is 0 Å². The van der Waals surface area contributed by atoms with Crippen molar-refractivity contribution in [3.05, 3.63) is 29.6 Å². The first-order valence-corrected chi connectivity index (χ1v) is 5.93. The van der Waals surface area contributed by atoms with Gasteiger partial charge in [0.15, 0.2) is 0 Å². The number of hydrogen-bond acceptors (Lipinski definition) is 2. The molecule has 0 saturated heterocycles. The van der Waals surface area contributed by atoms with Crippen LogP contribution in [0.2, 0.25) is 0 Å². The summed E-state index contributed by atoms with van der Waals surface area (Å²) < 4.78 is 12.9. The van der Waals surface area contributed by atoms with E-state index in [-0.39, 0.29) is 5.56 Å². The molecule has 92 valence electrons. The first kappa shape index (κ1) is 11.9. The van der Waals surface area contributed by atoms with E-state index in [1.165, 1.54) is 31.4 Å². The van der Waals surface area contributed by atoms with Crippen molar-refractivity contribution in [2.75, 3.05) is 11.9 Å². The highest BCUT2D eigenvalue weighted by atomic mass is 19.1. The molecule has 1 aromatic carbocycles. The number of benzene rings is 1. The van der Waals surface area contributed by atoms with Crippen LogP contribution in [0.3, 0.4) is 0 Å². The van der Waals surface area contributed by atoms with E-state index in [0.717, 1.165) is 24.9 Å². The number of carbonyl (C=O) groups is 1. The molecule has 17 heavy (non-hydrogen) atoms. The van der Waals surface area contributed by atoms with Crippen LogP contribution in [0, 0.1) is 11.7 Å². The van der Waals surface area contributed by atoms with Gasteiger partial charge < -0.3 is 10.4 Å². The van der Waals surface area contributed by atoms with Crippen molar-refractivity contribution in [2.45, 2.75) is 25.7 Å². The van der Waals surface area contributed by atoms with Gasteiger partial charge in [0.05, 0.1) is 5.56 Å². The van der Waals surface area contributed by atoms with Crippen LogP contribution in [0.15, 0.2) is 18.2 Å². The predicted molar refractivity (Wildman–Crippen MR) is 63.8 cm³/mol. The van der Waals surface area contributed by atoms with Gasteiger partial charge >= 0.3 is 5.97 Å². The van der Waals surface area contributed by atoms with Crippen molar-refractivity contribution in [3.8, 4) is 0 Å². The van der Waals surface area contributed by atoms with Crippen molar-refractivity contribution < 1.29 is 14.3 Å². The van der Waals surface area contributed by atoms with E-state index in [2.05, 4.69) is 5.32 Å². The fourth-order valence-electron chi connectivity index (χ4n) is 2.04. The van der Waals surface area contributed by atoms with E-state index in [1.807, 2.05) is 0 Å². The molecule has 0 unspecified atom stereocenters. The molecule has 0 atom stereocenters. The standard InChI is InChI=1S/C13H16FNO2/c14-10-4-5-12(11(8-10)13(16)17)15-7-6-9-2-1-3-9/h4-5,8-9,15H,1-3,6-7H2,(H,16,17). The van der Waals surface area contributed by atoms with Crippen LogP contribution < -0.4 is 5.32 Å². The molecule has 1 aromatic rings. The second-order valence-electron chi connectivity index (χ2n) is 4.51. The number of hydrogen-bond donors (Lipinski definition) is 2. The molecule has 1 fully saturated rings. The zero-order chi connectivity index (χ0) is 12.3. The Morgan fingerprint density at radius 1 is 1.47 bits per heavy atom. The summed E-state index contributed by atoms with van der Waals surface area (Å²) in [5, 5.41) is 12.0. The lowest BCUT2D eigenvalue weighted by atomic mass is 9.83. The van der Waals surface area contributed by atoms with Gasteiger partial charge in [0.1, 0.15) is 5.82 Å². The number of anilines is 1. The highest BCUT2D eigenvalue weighted by Gasteiger charge is 2.17. The SMILES string of the molecule is O=C(O)c1cc(F)ccc1NCCC1CCC1. The number of carboxylic acid groups (broad SMARTS) is 1. The lowest BCUT2D eigenvalue weighted by Gasteiger charge is -2.25. The van der Waals surface area contributed by atoms with E-state index in [1.54, 1.807) is 0 Å². The van der Waals surface area contributed by atoms with E-state index in [0.29, 0.717) is 5.69 Å². The van der Waals surface area contributed by atoms with Crippen molar-refractivity contribution in [1.82, 2.24) is 0 Å². The molecule has 0 aliphatic heterocycles. The third-order valence-electron chi connectivity index (χ3n) is 3.30. The topological polar surface area (TPSA) is 49.3 Å². The van der Waals surface area contributed by atoms with Crippen LogP contribution >= 0.6 is 0 Å². The molecule has 0 spiro atoms. The average Bonchev–Trinajstić information content (AvgIpc) is 2.23. The fourth-order valence-corrected chi connectivity index (χ4v) is 2.04. The summed E-state index contributed by atoms with van der Waals surface area (Å²) in [7, 11) is 0. The van der Waals surface area contributed by atoms with Crippen molar-refractivity contribution in [3.63, 3.8) is 0 Å². The molecule has 0 amide bonds. The van der Waals surface area contributed by atoms with Crippen LogP contribution in [-0.2, 0) is 0 Å². The predicted octanol–water partition coefficient (Wildman–Crippen LogP) is 3.13. The Kier molecular flexibility index (Phi) is 3.61. The molecular weight excluding hydrogens is 221 g/mol. The quantitative estimate of drug-likeness (QED) is 0.827. The Labute approximate surface area is 99.7 Å². The Bertz CT molecular complexity index is 416. The number of halogens is 1. The van der Waals surface area contributed by atoms with E-state index >= 15 is 0 Å². The minimum Gasteiger partial charge on any atom is -0.478 e. The van der Waals surface area contributed by atoms with Gasteiger partial charge in [0, 0.05) is 12.2 Å². The molecule has 0 aromatic heterocycles.